The predicted molar refractivity (Wildman–Crippen MR) is 104 cm³/mol. The van der Waals surface area contributed by atoms with Gasteiger partial charge in [0.25, 0.3) is 0 Å². The number of benzene rings is 2. The molecule has 134 valence electrons. The predicted octanol–water partition coefficient (Wildman–Crippen LogP) is 6.48. The van der Waals surface area contributed by atoms with Gasteiger partial charge in [-0.3, -0.25) is 0 Å². The van der Waals surface area contributed by atoms with E-state index >= 15 is 0 Å². The molecule has 26 heavy (non-hydrogen) atoms. The third-order valence-corrected chi connectivity index (χ3v) is 4.79. The molecule has 0 fully saturated rings. The standard InChI is InChI=1S/C20H18ClFN2OS/c1-13(2)18-11-19(25-16-9-7-15(21)8-10-16)24-20(23-18)26-12-14-5-3-4-6-17(14)22/h3-11,13H,12H2,1-2H3. The van der Waals surface area contributed by atoms with Crippen LogP contribution in [0.2, 0.25) is 5.02 Å². The van der Waals surface area contributed by atoms with Crippen LogP contribution in [-0.2, 0) is 5.75 Å². The molecular weight excluding hydrogens is 371 g/mol. The van der Waals surface area contributed by atoms with Gasteiger partial charge in [0.05, 0.1) is 5.69 Å². The molecule has 0 spiro atoms. The number of halogens is 2. The molecule has 0 radical (unpaired) electrons. The highest BCUT2D eigenvalue weighted by atomic mass is 35.5. The number of ether oxygens (including phenoxy) is 1. The van der Waals surface area contributed by atoms with Crippen molar-refractivity contribution in [2.45, 2.75) is 30.7 Å². The third-order valence-electron chi connectivity index (χ3n) is 3.64. The van der Waals surface area contributed by atoms with Gasteiger partial charge in [0.15, 0.2) is 5.16 Å². The van der Waals surface area contributed by atoms with Crippen molar-refractivity contribution in [1.29, 1.82) is 0 Å². The van der Waals surface area contributed by atoms with Gasteiger partial charge in [-0.05, 0) is 41.8 Å². The lowest BCUT2D eigenvalue weighted by Crippen LogP contribution is -2.00. The fourth-order valence-electron chi connectivity index (χ4n) is 2.21. The van der Waals surface area contributed by atoms with E-state index < -0.39 is 0 Å². The van der Waals surface area contributed by atoms with Crippen LogP contribution in [0, 0.1) is 5.82 Å². The van der Waals surface area contributed by atoms with Gasteiger partial charge in [-0.2, -0.15) is 4.98 Å². The van der Waals surface area contributed by atoms with Crippen LogP contribution < -0.4 is 4.74 Å². The van der Waals surface area contributed by atoms with Crippen LogP contribution >= 0.6 is 23.4 Å². The lowest BCUT2D eigenvalue weighted by molar-refractivity contribution is 0.453. The van der Waals surface area contributed by atoms with Crippen LogP contribution in [0.4, 0.5) is 4.39 Å². The van der Waals surface area contributed by atoms with Crippen molar-refractivity contribution in [2.75, 3.05) is 0 Å². The molecule has 1 aromatic heterocycles. The van der Waals surface area contributed by atoms with Crippen LogP contribution in [-0.4, -0.2) is 9.97 Å². The Morgan fingerprint density at radius 2 is 1.81 bits per heavy atom. The molecule has 0 saturated heterocycles. The molecule has 0 bridgehead atoms. The molecule has 0 N–H and O–H groups in total. The van der Waals surface area contributed by atoms with E-state index in [9.17, 15) is 4.39 Å². The summed E-state index contributed by atoms with van der Waals surface area (Å²) in [6, 6.07) is 15.6. The fourth-order valence-corrected chi connectivity index (χ4v) is 3.18. The zero-order valence-corrected chi connectivity index (χ0v) is 16.0. The number of hydrogen-bond donors (Lipinski definition) is 0. The van der Waals surface area contributed by atoms with Gasteiger partial charge in [-0.25, -0.2) is 9.37 Å². The van der Waals surface area contributed by atoms with Crippen LogP contribution in [0.25, 0.3) is 0 Å². The summed E-state index contributed by atoms with van der Waals surface area (Å²) >= 11 is 7.29. The molecule has 0 aliphatic heterocycles. The highest BCUT2D eigenvalue weighted by Gasteiger charge is 2.11. The SMILES string of the molecule is CC(C)c1cc(Oc2ccc(Cl)cc2)nc(SCc2ccccc2F)n1. The summed E-state index contributed by atoms with van der Waals surface area (Å²) in [4.78, 5) is 9.01. The average Bonchev–Trinajstić information content (AvgIpc) is 2.63. The van der Waals surface area contributed by atoms with Crippen molar-refractivity contribution < 1.29 is 9.13 Å². The maximum absolute atomic E-state index is 13.8. The van der Waals surface area contributed by atoms with E-state index in [4.69, 9.17) is 16.3 Å². The highest BCUT2D eigenvalue weighted by molar-refractivity contribution is 7.98. The topological polar surface area (TPSA) is 35.0 Å². The van der Waals surface area contributed by atoms with E-state index in [2.05, 4.69) is 23.8 Å². The fraction of sp³-hybridized carbons (Fsp3) is 0.200. The number of thioether (sulfide) groups is 1. The first-order valence-corrected chi connectivity index (χ1v) is 9.56. The van der Waals surface area contributed by atoms with Crippen molar-refractivity contribution in [1.82, 2.24) is 9.97 Å². The Morgan fingerprint density at radius 1 is 1.08 bits per heavy atom. The van der Waals surface area contributed by atoms with Gasteiger partial charge in [-0.15, -0.1) is 0 Å². The summed E-state index contributed by atoms with van der Waals surface area (Å²) in [7, 11) is 0. The Balaban J connectivity index is 1.81. The van der Waals surface area contributed by atoms with Gasteiger partial charge in [-0.1, -0.05) is 55.4 Å². The summed E-state index contributed by atoms with van der Waals surface area (Å²) < 4.78 is 19.7. The maximum atomic E-state index is 13.8. The summed E-state index contributed by atoms with van der Waals surface area (Å²) in [5, 5.41) is 1.20. The van der Waals surface area contributed by atoms with E-state index in [1.165, 1.54) is 17.8 Å². The summed E-state index contributed by atoms with van der Waals surface area (Å²) in [6.45, 7) is 4.11. The van der Waals surface area contributed by atoms with Gasteiger partial charge in [0.1, 0.15) is 11.6 Å². The highest BCUT2D eigenvalue weighted by Crippen LogP contribution is 2.28. The lowest BCUT2D eigenvalue weighted by atomic mass is 10.1. The normalized spacial score (nSPS) is 11.0. The van der Waals surface area contributed by atoms with Crippen molar-refractivity contribution in [3.8, 4) is 11.6 Å². The van der Waals surface area contributed by atoms with Gasteiger partial charge < -0.3 is 4.74 Å². The van der Waals surface area contributed by atoms with Crippen molar-refractivity contribution in [3.05, 3.63) is 76.7 Å². The third kappa shape index (κ3) is 4.96. The minimum Gasteiger partial charge on any atom is -0.439 e. The molecule has 0 aliphatic rings. The Hall–Kier alpha value is -2.11. The molecule has 2 aromatic carbocycles. The molecule has 0 aliphatic carbocycles. The summed E-state index contributed by atoms with van der Waals surface area (Å²) in [5.74, 6) is 1.56. The molecular formula is C20H18ClFN2OS. The van der Waals surface area contributed by atoms with Crippen LogP contribution in [0.15, 0.2) is 59.8 Å². The first kappa shape index (κ1) is 18.7. The molecule has 3 aromatic rings. The molecule has 0 unspecified atom stereocenters. The molecule has 6 heteroatoms. The maximum Gasteiger partial charge on any atom is 0.223 e. The molecule has 0 amide bonds. The van der Waals surface area contributed by atoms with Crippen LogP contribution in [0.5, 0.6) is 11.6 Å². The first-order chi connectivity index (χ1) is 12.5. The minimum absolute atomic E-state index is 0.221. The smallest absolute Gasteiger partial charge is 0.223 e. The summed E-state index contributed by atoms with van der Waals surface area (Å²) in [6.07, 6.45) is 0. The molecule has 1 heterocycles. The first-order valence-electron chi connectivity index (χ1n) is 8.20. The Kier molecular flexibility index (Phi) is 6.12. The summed E-state index contributed by atoms with van der Waals surface area (Å²) in [5.41, 5.74) is 1.50. The second-order valence-electron chi connectivity index (χ2n) is 6.00. The quantitative estimate of drug-likeness (QED) is 0.357. The van der Waals surface area contributed by atoms with E-state index in [-0.39, 0.29) is 11.7 Å². The van der Waals surface area contributed by atoms with E-state index in [0.717, 1.165) is 5.69 Å². The monoisotopic (exact) mass is 388 g/mol. The number of hydrogen-bond acceptors (Lipinski definition) is 4. The Morgan fingerprint density at radius 3 is 2.50 bits per heavy atom. The van der Waals surface area contributed by atoms with E-state index in [1.807, 2.05) is 12.1 Å². The number of aromatic nitrogens is 2. The van der Waals surface area contributed by atoms with Crippen molar-refractivity contribution in [2.24, 2.45) is 0 Å². The lowest BCUT2D eigenvalue weighted by Gasteiger charge is -2.11. The van der Waals surface area contributed by atoms with Gasteiger partial charge in [0, 0.05) is 16.8 Å². The second kappa shape index (κ2) is 8.52. The van der Waals surface area contributed by atoms with Crippen molar-refractivity contribution in [3.63, 3.8) is 0 Å². The average molecular weight is 389 g/mol. The number of rotatable bonds is 6. The van der Waals surface area contributed by atoms with E-state index in [0.29, 0.717) is 33.1 Å². The largest absolute Gasteiger partial charge is 0.439 e. The van der Waals surface area contributed by atoms with Crippen LogP contribution in [0.3, 0.4) is 0 Å². The molecule has 0 saturated carbocycles. The Labute approximate surface area is 161 Å². The zero-order valence-electron chi connectivity index (χ0n) is 14.4. The van der Waals surface area contributed by atoms with Crippen molar-refractivity contribution >= 4 is 23.4 Å². The van der Waals surface area contributed by atoms with E-state index in [1.54, 1.807) is 36.4 Å². The molecule has 0 atom stereocenters. The molecule has 3 rings (SSSR count). The minimum atomic E-state index is -0.224. The van der Waals surface area contributed by atoms with Crippen LogP contribution in [0.1, 0.15) is 31.0 Å². The van der Waals surface area contributed by atoms with Gasteiger partial charge >= 0.3 is 0 Å². The zero-order chi connectivity index (χ0) is 18.5. The Bertz CT molecular complexity index is 887. The number of nitrogens with zero attached hydrogens (tertiary/aromatic N) is 2. The molecule has 3 nitrogen and oxygen atoms in total. The van der Waals surface area contributed by atoms with Gasteiger partial charge in [0.2, 0.25) is 5.88 Å². The second-order valence-corrected chi connectivity index (χ2v) is 7.38.